The zero-order valence-electron chi connectivity index (χ0n) is 8.17. The number of hydrogen-bond acceptors (Lipinski definition) is 3. The van der Waals surface area contributed by atoms with Gasteiger partial charge in [-0.2, -0.15) is 0 Å². The lowest BCUT2D eigenvalue weighted by atomic mass is 10.2. The Labute approximate surface area is 87.0 Å². The van der Waals surface area contributed by atoms with Crippen LogP contribution in [0.1, 0.15) is 27.2 Å². The fraction of sp³-hybridized carbons (Fsp3) is 0.778. The van der Waals surface area contributed by atoms with Gasteiger partial charge in [0.05, 0.1) is 17.9 Å². The molecule has 1 atom stereocenters. The third-order valence-corrected chi connectivity index (χ3v) is 2.33. The molecule has 0 aliphatic heterocycles. The van der Waals surface area contributed by atoms with Gasteiger partial charge in [0, 0.05) is 0 Å². The number of rotatable bonds is 5. The smallest absolute Gasteiger partial charge is 0.307 e. The van der Waals surface area contributed by atoms with Gasteiger partial charge in [-0.1, -0.05) is 29.8 Å². The topological polar surface area (TPSA) is 43.4 Å². The second-order valence-electron chi connectivity index (χ2n) is 3.36. The molecule has 3 nitrogen and oxygen atoms in total. The maximum absolute atomic E-state index is 11.1. The van der Waals surface area contributed by atoms with Crippen molar-refractivity contribution in [3.8, 4) is 0 Å². The summed E-state index contributed by atoms with van der Waals surface area (Å²) in [6.45, 7) is 5.78. The summed E-state index contributed by atoms with van der Waals surface area (Å²) >= 11 is 3.10. The van der Waals surface area contributed by atoms with Crippen molar-refractivity contribution < 1.29 is 14.3 Å². The summed E-state index contributed by atoms with van der Waals surface area (Å²) in [5.41, 5.74) is 0. The molecule has 13 heavy (non-hydrogen) atoms. The number of halogens is 1. The Balaban J connectivity index is 3.68. The Kier molecular flexibility index (Phi) is 5.95. The molecule has 0 aromatic heterocycles. The molecule has 0 rings (SSSR count). The van der Waals surface area contributed by atoms with Crippen molar-refractivity contribution in [2.75, 3.05) is 6.61 Å². The quantitative estimate of drug-likeness (QED) is 0.554. The van der Waals surface area contributed by atoms with Gasteiger partial charge in [0.1, 0.15) is 5.78 Å². The van der Waals surface area contributed by atoms with Crippen molar-refractivity contribution in [3.63, 3.8) is 0 Å². The summed E-state index contributed by atoms with van der Waals surface area (Å²) in [4.78, 5) is 21.4. The molecule has 0 saturated heterocycles. The number of hydrogen-bond donors (Lipinski definition) is 0. The predicted molar refractivity (Wildman–Crippen MR) is 53.8 cm³/mol. The molecule has 0 bridgehead atoms. The zero-order chi connectivity index (χ0) is 10.4. The monoisotopic (exact) mass is 250 g/mol. The Morgan fingerprint density at radius 1 is 1.38 bits per heavy atom. The van der Waals surface area contributed by atoms with E-state index in [1.54, 1.807) is 0 Å². The van der Waals surface area contributed by atoms with Crippen LogP contribution in [0.2, 0.25) is 0 Å². The van der Waals surface area contributed by atoms with Gasteiger partial charge < -0.3 is 4.74 Å². The molecule has 4 heteroatoms. The maximum Gasteiger partial charge on any atom is 0.307 e. The minimum atomic E-state index is -0.410. The highest BCUT2D eigenvalue weighted by Gasteiger charge is 2.15. The van der Waals surface area contributed by atoms with E-state index in [0.717, 1.165) is 0 Å². The minimum Gasteiger partial charge on any atom is -0.465 e. The van der Waals surface area contributed by atoms with Gasteiger partial charge in [-0.3, -0.25) is 9.59 Å². The van der Waals surface area contributed by atoms with Crippen LogP contribution < -0.4 is 0 Å². The van der Waals surface area contributed by atoms with Crippen LogP contribution in [0.4, 0.5) is 0 Å². The van der Waals surface area contributed by atoms with Crippen LogP contribution in [-0.2, 0) is 14.3 Å². The molecule has 0 N–H and O–H groups in total. The minimum absolute atomic E-state index is 0.0542. The molecule has 0 aromatic rings. The van der Waals surface area contributed by atoms with Gasteiger partial charge in [-0.05, 0) is 12.8 Å². The molecule has 0 saturated carbocycles. The summed E-state index contributed by atoms with van der Waals surface area (Å²) in [6, 6.07) is 0. The molecule has 0 aliphatic carbocycles. The highest BCUT2D eigenvalue weighted by atomic mass is 79.9. The van der Waals surface area contributed by atoms with Crippen molar-refractivity contribution in [1.82, 2.24) is 0 Å². The molecular weight excluding hydrogens is 236 g/mol. The van der Waals surface area contributed by atoms with Crippen molar-refractivity contribution >= 4 is 27.7 Å². The molecule has 0 radical (unpaired) electrons. The van der Waals surface area contributed by atoms with Crippen LogP contribution in [0.3, 0.4) is 0 Å². The first-order chi connectivity index (χ1) is 5.93. The average molecular weight is 251 g/mol. The van der Waals surface area contributed by atoms with Crippen LogP contribution in [0, 0.1) is 5.92 Å². The van der Waals surface area contributed by atoms with Crippen LogP contribution >= 0.6 is 15.9 Å². The Hall–Kier alpha value is -0.380. The highest BCUT2D eigenvalue weighted by molar-refractivity contribution is 9.10. The Morgan fingerprint density at radius 2 is 1.92 bits per heavy atom. The van der Waals surface area contributed by atoms with Crippen molar-refractivity contribution in [2.24, 2.45) is 5.92 Å². The number of carbonyl (C=O) groups excluding carboxylic acids is 2. The molecule has 0 aliphatic rings. The van der Waals surface area contributed by atoms with E-state index < -0.39 is 4.83 Å². The number of esters is 1. The van der Waals surface area contributed by atoms with Gasteiger partial charge in [0.15, 0.2) is 0 Å². The largest absolute Gasteiger partial charge is 0.465 e. The SMILES string of the molecule is CC(=O)C(Br)CC(=O)OCC(C)C. The van der Waals surface area contributed by atoms with E-state index in [9.17, 15) is 9.59 Å². The van der Waals surface area contributed by atoms with Crippen LogP contribution in [0.25, 0.3) is 0 Å². The second-order valence-corrected chi connectivity index (χ2v) is 4.46. The molecule has 1 unspecified atom stereocenters. The summed E-state index contributed by atoms with van der Waals surface area (Å²) in [6.07, 6.45) is 0.113. The fourth-order valence-electron chi connectivity index (χ4n) is 0.609. The Morgan fingerprint density at radius 3 is 2.31 bits per heavy atom. The average Bonchev–Trinajstić information content (AvgIpc) is 2.00. The molecule has 76 valence electrons. The molecule has 0 amide bonds. The van der Waals surface area contributed by atoms with Gasteiger partial charge in [0.2, 0.25) is 0 Å². The van der Waals surface area contributed by atoms with Gasteiger partial charge >= 0.3 is 5.97 Å². The van der Waals surface area contributed by atoms with E-state index in [-0.39, 0.29) is 18.2 Å². The van der Waals surface area contributed by atoms with E-state index in [1.165, 1.54) is 6.92 Å². The van der Waals surface area contributed by atoms with Crippen molar-refractivity contribution in [3.05, 3.63) is 0 Å². The second kappa shape index (κ2) is 6.13. The van der Waals surface area contributed by atoms with E-state index in [2.05, 4.69) is 15.9 Å². The number of ketones is 1. The lowest BCUT2D eigenvalue weighted by Gasteiger charge is -2.08. The predicted octanol–water partition coefficient (Wildman–Crippen LogP) is 1.93. The number of Topliss-reactive ketones (excluding diaryl/α,β-unsaturated/α-hetero) is 1. The first-order valence-electron chi connectivity index (χ1n) is 4.23. The summed E-state index contributed by atoms with van der Waals surface area (Å²) < 4.78 is 4.90. The van der Waals surface area contributed by atoms with Gasteiger partial charge in [-0.15, -0.1) is 0 Å². The van der Waals surface area contributed by atoms with E-state index in [0.29, 0.717) is 12.5 Å². The van der Waals surface area contributed by atoms with Crippen LogP contribution in [0.15, 0.2) is 0 Å². The third-order valence-electron chi connectivity index (χ3n) is 1.36. The Bertz CT molecular complexity index is 189. The summed E-state index contributed by atoms with van der Waals surface area (Å²) in [7, 11) is 0. The molecule has 0 spiro atoms. The normalized spacial score (nSPS) is 12.7. The van der Waals surface area contributed by atoms with Gasteiger partial charge in [-0.25, -0.2) is 0 Å². The first-order valence-corrected chi connectivity index (χ1v) is 5.15. The standard InChI is InChI=1S/C9H15BrO3/c1-6(2)5-13-9(12)4-8(10)7(3)11/h6,8H,4-5H2,1-3H3. The lowest BCUT2D eigenvalue weighted by molar-refractivity contribution is -0.145. The summed E-state index contributed by atoms with van der Waals surface area (Å²) in [5, 5.41) is 0. The fourth-order valence-corrected chi connectivity index (χ4v) is 0.873. The number of alkyl halides is 1. The van der Waals surface area contributed by atoms with Crippen molar-refractivity contribution in [2.45, 2.75) is 32.0 Å². The number of ether oxygens (including phenoxy) is 1. The van der Waals surface area contributed by atoms with Crippen LogP contribution in [0.5, 0.6) is 0 Å². The van der Waals surface area contributed by atoms with E-state index >= 15 is 0 Å². The zero-order valence-corrected chi connectivity index (χ0v) is 9.76. The van der Waals surface area contributed by atoms with Gasteiger partial charge in [0.25, 0.3) is 0 Å². The van der Waals surface area contributed by atoms with E-state index in [4.69, 9.17) is 4.74 Å². The highest BCUT2D eigenvalue weighted by Crippen LogP contribution is 2.07. The maximum atomic E-state index is 11.1. The lowest BCUT2D eigenvalue weighted by Crippen LogP contribution is -2.18. The molecule has 0 aromatic carbocycles. The molecular formula is C9H15BrO3. The summed E-state index contributed by atoms with van der Waals surface area (Å²) in [5.74, 6) is -0.0534. The van der Waals surface area contributed by atoms with E-state index in [1.807, 2.05) is 13.8 Å². The molecule has 0 fully saturated rings. The van der Waals surface area contributed by atoms with Crippen molar-refractivity contribution in [1.29, 1.82) is 0 Å². The first kappa shape index (κ1) is 12.6. The molecule has 0 heterocycles. The number of carbonyl (C=O) groups is 2. The van der Waals surface area contributed by atoms with Crippen LogP contribution in [-0.4, -0.2) is 23.2 Å². The third kappa shape index (κ3) is 6.75.